The molecule has 15 heavy (non-hydrogen) atoms. The van der Waals surface area contributed by atoms with Crippen molar-refractivity contribution in [3.8, 4) is 0 Å². The first-order valence-corrected chi connectivity index (χ1v) is 6.31. The molecule has 0 aliphatic carbocycles. The molecule has 2 heterocycles. The van der Waals surface area contributed by atoms with Crippen molar-refractivity contribution < 1.29 is 4.74 Å². The van der Waals surface area contributed by atoms with Crippen molar-refractivity contribution in [1.82, 2.24) is 10.2 Å². The van der Waals surface area contributed by atoms with E-state index < -0.39 is 0 Å². The van der Waals surface area contributed by atoms with Crippen LogP contribution < -0.4 is 5.32 Å². The fraction of sp³-hybridized carbons (Fsp3) is 1.00. The van der Waals surface area contributed by atoms with Crippen molar-refractivity contribution in [2.75, 3.05) is 32.8 Å². The lowest BCUT2D eigenvalue weighted by atomic mass is 9.96. The van der Waals surface area contributed by atoms with E-state index in [0.29, 0.717) is 12.1 Å². The van der Waals surface area contributed by atoms with Crippen LogP contribution in [0.15, 0.2) is 0 Å². The highest BCUT2D eigenvalue weighted by Crippen LogP contribution is 2.19. The SMILES string of the molecule is CC1COCC(C)N1CC1CCNCC1. The lowest BCUT2D eigenvalue weighted by Crippen LogP contribution is -2.52. The van der Waals surface area contributed by atoms with Gasteiger partial charge in [0.25, 0.3) is 0 Å². The number of nitrogens with zero attached hydrogens (tertiary/aromatic N) is 1. The third-order valence-corrected chi connectivity index (χ3v) is 3.78. The minimum atomic E-state index is 0.601. The number of ether oxygens (including phenoxy) is 1. The van der Waals surface area contributed by atoms with Crippen molar-refractivity contribution >= 4 is 0 Å². The van der Waals surface area contributed by atoms with Gasteiger partial charge in [0.1, 0.15) is 0 Å². The summed E-state index contributed by atoms with van der Waals surface area (Å²) in [4.78, 5) is 2.64. The summed E-state index contributed by atoms with van der Waals surface area (Å²) in [5, 5.41) is 3.43. The smallest absolute Gasteiger partial charge is 0.0620 e. The molecule has 2 atom stereocenters. The predicted octanol–water partition coefficient (Wildman–Crippen LogP) is 1.10. The number of piperidine rings is 1. The molecule has 0 aromatic heterocycles. The first-order chi connectivity index (χ1) is 7.27. The summed E-state index contributed by atoms with van der Waals surface area (Å²) in [5.41, 5.74) is 0. The molecule has 2 unspecified atom stereocenters. The molecule has 0 aromatic carbocycles. The van der Waals surface area contributed by atoms with Crippen LogP contribution in [0, 0.1) is 5.92 Å². The quantitative estimate of drug-likeness (QED) is 0.742. The van der Waals surface area contributed by atoms with E-state index in [9.17, 15) is 0 Å². The van der Waals surface area contributed by atoms with Gasteiger partial charge >= 0.3 is 0 Å². The zero-order chi connectivity index (χ0) is 10.7. The highest BCUT2D eigenvalue weighted by Gasteiger charge is 2.27. The van der Waals surface area contributed by atoms with Crippen LogP contribution in [0.25, 0.3) is 0 Å². The highest BCUT2D eigenvalue weighted by molar-refractivity contribution is 4.81. The van der Waals surface area contributed by atoms with Crippen LogP contribution in [0.4, 0.5) is 0 Å². The van der Waals surface area contributed by atoms with E-state index in [1.54, 1.807) is 0 Å². The van der Waals surface area contributed by atoms with Crippen molar-refractivity contribution in [2.45, 2.75) is 38.8 Å². The lowest BCUT2D eigenvalue weighted by Gasteiger charge is -2.41. The largest absolute Gasteiger partial charge is 0.378 e. The topological polar surface area (TPSA) is 24.5 Å². The number of hydrogen-bond donors (Lipinski definition) is 1. The van der Waals surface area contributed by atoms with E-state index in [1.165, 1.54) is 32.5 Å². The van der Waals surface area contributed by atoms with Crippen LogP contribution in [0.2, 0.25) is 0 Å². The Hall–Kier alpha value is -0.120. The van der Waals surface area contributed by atoms with Gasteiger partial charge in [0.2, 0.25) is 0 Å². The van der Waals surface area contributed by atoms with Gasteiger partial charge in [-0.2, -0.15) is 0 Å². The zero-order valence-corrected chi connectivity index (χ0v) is 10.0. The predicted molar refractivity (Wildman–Crippen MR) is 62.0 cm³/mol. The summed E-state index contributed by atoms with van der Waals surface area (Å²) in [6.07, 6.45) is 2.69. The van der Waals surface area contributed by atoms with Gasteiger partial charge in [0, 0.05) is 18.6 Å². The molecule has 0 spiro atoms. The van der Waals surface area contributed by atoms with Crippen LogP contribution >= 0.6 is 0 Å². The molecule has 2 rings (SSSR count). The summed E-state index contributed by atoms with van der Waals surface area (Å²) in [5.74, 6) is 0.897. The molecular formula is C12H24N2O. The second-order valence-electron chi connectivity index (χ2n) is 5.13. The number of hydrogen-bond acceptors (Lipinski definition) is 3. The summed E-state index contributed by atoms with van der Waals surface area (Å²) >= 11 is 0. The fourth-order valence-electron chi connectivity index (χ4n) is 2.76. The normalized spacial score (nSPS) is 35.6. The van der Waals surface area contributed by atoms with Gasteiger partial charge < -0.3 is 10.1 Å². The second-order valence-corrected chi connectivity index (χ2v) is 5.13. The molecule has 3 heteroatoms. The molecular weight excluding hydrogens is 188 g/mol. The third kappa shape index (κ3) is 2.92. The first kappa shape index (κ1) is 11.4. The van der Waals surface area contributed by atoms with E-state index in [0.717, 1.165) is 19.1 Å². The molecule has 2 saturated heterocycles. The monoisotopic (exact) mass is 212 g/mol. The summed E-state index contributed by atoms with van der Waals surface area (Å²) in [6, 6.07) is 1.20. The van der Waals surface area contributed by atoms with Gasteiger partial charge in [0.05, 0.1) is 13.2 Å². The molecule has 0 saturated carbocycles. The average molecular weight is 212 g/mol. The molecule has 2 aliphatic heterocycles. The van der Waals surface area contributed by atoms with E-state index in [4.69, 9.17) is 4.74 Å². The van der Waals surface area contributed by atoms with Crippen LogP contribution in [-0.2, 0) is 4.74 Å². The molecule has 1 N–H and O–H groups in total. The van der Waals surface area contributed by atoms with Crippen LogP contribution in [-0.4, -0.2) is 49.8 Å². The van der Waals surface area contributed by atoms with Crippen LogP contribution in [0.3, 0.4) is 0 Å². The molecule has 0 aromatic rings. The van der Waals surface area contributed by atoms with E-state index in [2.05, 4.69) is 24.1 Å². The van der Waals surface area contributed by atoms with Gasteiger partial charge in [-0.05, 0) is 45.7 Å². The maximum absolute atomic E-state index is 5.56. The highest BCUT2D eigenvalue weighted by atomic mass is 16.5. The Labute approximate surface area is 93.2 Å². The van der Waals surface area contributed by atoms with Crippen molar-refractivity contribution in [1.29, 1.82) is 0 Å². The Balaban J connectivity index is 1.84. The van der Waals surface area contributed by atoms with Gasteiger partial charge in [-0.25, -0.2) is 0 Å². The molecule has 2 aliphatic rings. The minimum absolute atomic E-state index is 0.601. The Morgan fingerprint density at radius 1 is 1.13 bits per heavy atom. The van der Waals surface area contributed by atoms with Crippen molar-refractivity contribution in [3.63, 3.8) is 0 Å². The third-order valence-electron chi connectivity index (χ3n) is 3.78. The Bertz CT molecular complexity index is 182. The van der Waals surface area contributed by atoms with Crippen molar-refractivity contribution in [2.24, 2.45) is 5.92 Å². The van der Waals surface area contributed by atoms with Crippen molar-refractivity contribution in [3.05, 3.63) is 0 Å². The Morgan fingerprint density at radius 3 is 2.33 bits per heavy atom. The molecule has 88 valence electrons. The van der Waals surface area contributed by atoms with Gasteiger partial charge in [-0.3, -0.25) is 4.90 Å². The standard InChI is InChI=1S/C12H24N2O/c1-10-8-15-9-11(2)14(10)7-12-3-5-13-6-4-12/h10-13H,3-9H2,1-2H3. The van der Waals surface area contributed by atoms with E-state index in [-0.39, 0.29) is 0 Å². The zero-order valence-electron chi connectivity index (χ0n) is 10.0. The minimum Gasteiger partial charge on any atom is -0.378 e. The number of nitrogens with one attached hydrogen (secondary N) is 1. The summed E-state index contributed by atoms with van der Waals surface area (Å²) in [6.45, 7) is 10.1. The van der Waals surface area contributed by atoms with E-state index >= 15 is 0 Å². The summed E-state index contributed by atoms with van der Waals surface area (Å²) < 4.78 is 5.56. The fourth-order valence-corrected chi connectivity index (χ4v) is 2.76. The maximum Gasteiger partial charge on any atom is 0.0620 e. The molecule has 0 amide bonds. The molecule has 3 nitrogen and oxygen atoms in total. The molecule has 2 fully saturated rings. The van der Waals surface area contributed by atoms with Crippen LogP contribution in [0.5, 0.6) is 0 Å². The van der Waals surface area contributed by atoms with E-state index in [1.807, 2.05) is 0 Å². The number of morpholine rings is 1. The molecule has 0 bridgehead atoms. The Kier molecular flexibility index (Phi) is 4.00. The first-order valence-electron chi connectivity index (χ1n) is 6.31. The number of rotatable bonds is 2. The summed E-state index contributed by atoms with van der Waals surface area (Å²) in [7, 11) is 0. The van der Waals surface area contributed by atoms with Gasteiger partial charge in [-0.1, -0.05) is 0 Å². The Morgan fingerprint density at radius 2 is 1.73 bits per heavy atom. The van der Waals surface area contributed by atoms with Gasteiger partial charge in [0.15, 0.2) is 0 Å². The van der Waals surface area contributed by atoms with Crippen LogP contribution in [0.1, 0.15) is 26.7 Å². The lowest BCUT2D eigenvalue weighted by molar-refractivity contribution is -0.0447. The average Bonchev–Trinajstić information content (AvgIpc) is 2.25. The second kappa shape index (κ2) is 5.28. The molecule has 0 radical (unpaired) electrons. The van der Waals surface area contributed by atoms with Gasteiger partial charge in [-0.15, -0.1) is 0 Å². The maximum atomic E-state index is 5.56.